The van der Waals surface area contributed by atoms with E-state index >= 15 is 0 Å². The van der Waals surface area contributed by atoms with Crippen LogP contribution >= 0.6 is 0 Å². The lowest BCUT2D eigenvalue weighted by atomic mass is 10.1. The summed E-state index contributed by atoms with van der Waals surface area (Å²) in [5.41, 5.74) is 9.29. The molecule has 2 aromatic rings. The molecule has 3 heterocycles. The molecule has 7 nitrogen and oxygen atoms in total. The van der Waals surface area contributed by atoms with E-state index in [0.29, 0.717) is 38.5 Å². The first-order valence-corrected chi connectivity index (χ1v) is 8.72. The van der Waals surface area contributed by atoms with Crippen LogP contribution in [0.4, 0.5) is 5.69 Å². The summed E-state index contributed by atoms with van der Waals surface area (Å²) in [4.78, 5) is 25.1. The first kappa shape index (κ1) is 18.3. The highest BCUT2D eigenvalue weighted by atomic mass is 16.5. The van der Waals surface area contributed by atoms with Crippen LogP contribution in [0.25, 0.3) is 0 Å². The molecule has 1 saturated heterocycles. The van der Waals surface area contributed by atoms with Gasteiger partial charge in [-0.2, -0.15) is 0 Å². The van der Waals surface area contributed by atoms with Crippen LogP contribution in [0.2, 0.25) is 0 Å². The Kier molecular flexibility index (Phi) is 5.80. The summed E-state index contributed by atoms with van der Waals surface area (Å²) in [7, 11) is 1.94. The van der Waals surface area contributed by atoms with Gasteiger partial charge in [0.15, 0.2) is 0 Å². The monoisotopic (exact) mass is 355 g/mol. The van der Waals surface area contributed by atoms with E-state index in [-0.39, 0.29) is 12.0 Å². The lowest BCUT2D eigenvalue weighted by molar-refractivity contribution is -0.140. The molecule has 1 fully saturated rings. The van der Waals surface area contributed by atoms with Crippen molar-refractivity contribution in [1.82, 2.24) is 19.8 Å². The summed E-state index contributed by atoms with van der Waals surface area (Å²) in [6.07, 6.45) is 3.33. The highest BCUT2D eigenvalue weighted by Crippen LogP contribution is 2.23. The van der Waals surface area contributed by atoms with Crippen molar-refractivity contribution in [2.45, 2.75) is 19.6 Å². The largest absolute Gasteiger partial charge is 0.399 e. The van der Waals surface area contributed by atoms with E-state index in [0.717, 1.165) is 17.0 Å². The van der Waals surface area contributed by atoms with Crippen LogP contribution in [-0.4, -0.2) is 59.0 Å². The Morgan fingerprint density at radius 1 is 1.46 bits per heavy atom. The minimum atomic E-state index is -0.237. The number of rotatable bonds is 5. The third-order valence-electron chi connectivity index (χ3n) is 4.33. The molecule has 0 aliphatic carbocycles. The van der Waals surface area contributed by atoms with Crippen molar-refractivity contribution >= 4 is 11.6 Å². The van der Waals surface area contributed by atoms with Crippen molar-refractivity contribution in [2.75, 3.05) is 39.0 Å². The molecule has 2 N–H and O–H groups in total. The Morgan fingerprint density at radius 2 is 2.31 bits per heavy atom. The highest BCUT2D eigenvalue weighted by molar-refractivity contribution is 5.78. The average Bonchev–Trinajstić information content (AvgIpc) is 2.61. The smallest absolute Gasteiger partial charge is 0.236 e. The molecule has 7 heteroatoms. The van der Waals surface area contributed by atoms with Crippen LogP contribution < -0.4 is 5.73 Å². The number of aryl methyl sites for hydroxylation is 1. The maximum absolute atomic E-state index is 12.7. The van der Waals surface area contributed by atoms with Gasteiger partial charge in [-0.15, -0.1) is 0 Å². The van der Waals surface area contributed by atoms with Crippen LogP contribution in [0, 0.1) is 6.92 Å². The third-order valence-corrected chi connectivity index (χ3v) is 4.33. The van der Waals surface area contributed by atoms with E-state index in [9.17, 15) is 4.79 Å². The summed E-state index contributed by atoms with van der Waals surface area (Å²) < 4.78 is 5.82. The molecular weight excluding hydrogens is 330 g/mol. The second-order valence-corrected chi connectivity index (χ2v) is 6.70. The molecule has 1 aliphatic heterocycles. The molecule has 0 radical (unpaired) electrons. The van der Waals surface area contributed by atoms with Gasteiger partial charge in [0.1, 0.15) is 6.10 Å². The Bertz CT molecular complexity index is 733. The normalized spacial score (nSPS) is 17.5. The standard InChI is InChI=1S/C19H25N5O2/c1-14-8-16(20)9-17(22-14)18-12-24(6-7-26-18)19(25)13-23(2)11-15-4-3-5-21-10-15/h3-5,8-10,18H,6-7,11-13H2,1-2H3,(H2,20,22). The summed E-state index contributed by atoms with van der Waals surface area (Å²) in [6, 6.07) is 7.55. The number of nitrogen functional groups attached to an aromatic ring is 1. The first-order valence-electron chi connectivity index (χ1n) is 8.72. The van der Waals surface area contributed by atoms with Crippen molar-refractivity contribution < 1.29 is 9.53 Å². The van der Waals surface area contributed by atoms with E-state index in [4.69, 9.17) is 10.5 Å². The topological polar surface area (TPSA) is 84.6 Å². The minimum Gasteiger partial charge on any atom is -0.399 e. The zero-order valence-corrected chi connectivity index (χ0v) is 15.3. The fraction of sp³-hybridized carbons (Fsp3) is 0.421. The number of amides is 1. The Hall–Kier alpha value is -2.51. The third kappa shape index (κ3) is 4.77. The van der Waals surface area contributed by atoms with Crippen LogP contribution in [0.5, 0.6) is 0 Å². The number of aromatic nitrogens is 2. The number of nitrogens with zero attached hydrogens (tertiary/aromatic N) is 4. The van der Waals surface area contributed by atoms with Gasteiger partial charge in [-0.25, -0.2) is 0 Å². The van der Waals surface area contributed by atoms with Gasteiger partial charge >= 0.3 is 0 Å². The van der Waals surface area contributed by atoms with Gasteiger partial charge in [0.05, 0.1) is 25.4 Å². The second kappa shape index (κ2) is 8.25. The van der Waals surface area contributed by atoms with Gasteiger partial charge in [0.2, 0.25) is 5.91 Å². The number of nitrogens with two attached hydrogens (primary N) is 1. The molecule has 138 valence electrons. The fourth-order valence-corrected chi connectivity index (χ4v) is 3.13. The average molecular weight is 355 g/mol. The zero-order valence-electron chi connectivity index (χ0n) is 15.3. The predicted molar refractivity (Wildman–Crippen MR) is 99.2 cm³/mol. The molecule has 1 amide bonds. The molecule has 0 spiro atoms. The first-order chi connectivity index (χ1) is 12.5. The van der Waals surface area contributed by atoms with Gasteiger partial charge in [0, 0.05) is 36.9 Å². The van der Waals surface area contributed by atoms with Crippen molar-refractivity contribution in [2.24, 2.45) is 0 Å². The SMILES string of the molecule is Cc1cc(N)cc(C2CN(C(=O)CN(C)Cc3cccnc3)CCO2)n1. The van der Waals surface area contributed by atoms with Gasteiger partial charge in [0.25, 0.3) is 0 Å². The molecule has 1 aliphatic rings. The quantitative estimate of drug-likeness (QED) is 0.873. The molecule has 2 aromatic heterocycles. The molecule has 3 rings (SSSR count). The predicted octanol–water partition coefficient (Wildman–Crippen LogP) is 1.40. The number of morpholine rings is 1. The fourth-order valence-electron chi connectivity index (χ4n) is 3.13. The Labute approximate surface area is 153 Å². The second-order valence-electron chi connectivity index (χ2n) is 6.70. The molecule has 1 atom stereocenters. The molecule has 0 bridgehead atoms. The summed E-state index contributed by atoms with van der Waals surface area (Å²) >= 11 is 0. The number of likely N-dealkylation sites (N-methyl/N-ethyl adjacent to an activating group) is 1. The molecule has 0 saturated carbocycles. The number of carbonyl (C=O) groups is 1. The minimum absolute atomic E-state index is 0.0883. The number of hydrogen-bond acceptors (Lipinski definition) is 6. The van der Waals surface area contributed by atoms with Crippen LogP contribution in [-0.2, 0) is 16.1 Å². The number of hydrogen-bond donors (Lipinski definition) is 1. The van der Waals surface area contributed by atoms with Crippen LogP contribution in [0.3, 0.4) is 0 Å². The van der Waals surface area contributed by atoms with Crippen molar-refractivity contribution in [3.8, 4) is 0 Å². The van der Waals surface area contributed by atoms with Crippen LogP contribution in [0.15, 0.2) is 36.7 Å². The molecule has 26 heavy (non-hydrogen) atoms. The highest BCUT2D eigenvalue weighted by Gasteiger charge is 2.27. The summed E-state index contributed by atoms with van der Waals surface area (Å²) in [6.45, 7) is 4.53. The Balaban J connectivity index is 1.59. The van der Waals surface area contributed by atoms with Crippen molar-refractivity contribution in [3.05, 3.63) is 53.6 Å². The van der Waals surface area contributed by atoms with E-state index in [1.54, 1.807) is 6.20 Å². The Morgan fingerprint density at radius 3 is 3.04 bits per heavy atom. The van der Waals surface area contributed by atoms with Crippen LogP contribution in [0.1, 0.15) is 23.1 Å². The summed E-state index contributed by atoms with van der Waals surface area (Å²) in [5, 5.41) is 0. The summed E-state index contributed by atoms with van der Waals surface area (Å²) in [5.74, 6) is 0.0883. The van der Waals surface area contributed by atoms with E-state index in [1.165, 1.54) is 0 Å². The van der Waals surface area contributed by atoms with Gasteiger partial charge in [-0.05, 0) is 37.7 Å². The molecular formula is C19H25N5O2. The zero-order chi connectivity index (χ0) is 18.5. The molecule has 1 unspecified atom stereocenters. The number of carbonyl (C=O) groups excluding carboxylic acids is 1. The van der Waals surface area contributed by atoms with Crippen molar-refractivity contribution in [3.63, 3.8) is 0 Å². The van der Waals surface area contributed by atoms with Gasteiger partial charge in [-0.1, -0.05) is 6.07 Å². The number of ether oxygens (including phenoxy) is 1. The van der Waals surface area contributed by atoms with Gasteiger partial charge < -0.3 is 15.4 Å². The van der Waals surface area contributed by atoms with E-state index < -0.39 is 0 Å². The van der Waals surface area contributed by atoms with E-state index in [1.807, 2.05) is 54.2 Å². The molecule has 0 aromatic carbocycles. The maximum atomic E-state index is 12.7. The number of pyridine rings is 2. The van der Waals surface area contributed by atoms with Crippen molar-refractivity contribution in [1.29, 1.82) is 0 Å². The number of anilines is 1. The lowest BCUT2D eigenvalue weighted by Crippen LogP contribution is -2.46. The van der Waals surface area contributed by atoms with E-state index in [2.05, 4.69) is 9.97 Å². The maximum Gasteiger partial charge on any atom is 0.236 e. The van der Waals surface area contributed by atoms with Gasteiger partial charge in [-0.3, -0.25) is 19.7 Å². The lowest BCUT2D eigenvalue weighted by Gasteiger charge is -2.33.